The molecule has 2 heterocycles. The summed E-state index contributed by atoms with van der Waals surface area (Å²) >= 11 is 6.29. The molecule has 102 valence electrons. The highest BCUT2D eigenvalue weighted by Gasteiger charge is 2.22. The van der Waals surface area contributed by atoms with Gasteiger partial charge >= 0.3 is 0 Å². The van der Waals surface area contributed by atoms with Crippen LogP contribution < -0.4 is 5.73 Å². The van der Waals surface area contributed by atoms with Crippen molar-refractivity contribution in [1.82, 2.24) is 9.78 Å². The van der Waals surface area contributed by atoms with Crippen molar-refractivity contribution < 1.29 is 4.42 Å². The number of nitrogen functional groups attached to an aromatic ring is 1. The predicted octanol–water partition coefficient (Wildman–Crippen LogP) is 3.89. The molecule has 0 aliphatic rings. The number of anilines is 1. The van der Waals surface area contributed by atoms with E-state index < -0.39 is 0 Å². The fraction of sp³-hybridized carbons (Fsp3) is 0.133. The summed E-state index contributed by atoms with van der Waals surface area (Å²) < 4.78 is 7.18. The van der Waals surface area contributed by atoms with Crippen LogP contribution in [0.3, 0.4) is 0 Å². The Bertz CT molecular complexity index is 773. The summed E-state index contributed by atoms with van der Waals surface area (Å²) in [6.07, 6.45) is 1.64. The van der Waals surface area contributed by atoms with Gasteiger partial charge in [-0.2, -0.15) is 5.10 Å². The molecule has 0 saturated heterocycles. The second-order valence-electron chi connectivity index (χ2n) is 4.65. The van der Waals surface area contributed by atoms with Crippen LogP contribution in [0, 0.1) is 6.92 Å². The van der Waals surface area contributed by atoms with Crippen LogP contribution in [0.5, 0.6) is 0 Å². The number of aryl methyl sites for hydroxylation is 2. The SMILES string of the molecule is Cc1ccoc1-c1nn(C)c(N)c1-c1ccccc1Cl. The lowest BCUT2D eigenvalue weighted by molar-refractivity contribution is 0.576. The van der Waals surface area contributed by atoms with Crippen molar-refractivity contribution in [3.8, 4) is 22.6 Å². The zero-order valence-electron chi connectivity index (χ0n) is 11.2. The molecule has 0 amide bonds. The molecule has 1 aromatic carbocycles. The minimum Gasteiger partial charge on any atom is -0.462 e. The molecule has 0 saturated carbocycles. The maximum atomic E-state index is 6.29. The van der Waals surface area contributed by atoms with Gasteiger partial charge in [0.15, 0.2) is 5.76 Å². The molecule has 0 bridgehead atoms. The van der Waals surface area contributed by atoms with Crippen LogP contribution in [-0.2, 0) is 7.05 Å². The second kappa shape index (κ2) is 4.72. The van der Waals surface area contributed by atoms with Crippen molar-refractivity contribution >= 4 is 17.4 Å². The molecule has 5 heteroatoms. The van der Waals surface area contributed by atoms with Crippen LogP contribution in [0.2, 0.25) is 5.02 Å². The summed E-state index contributed by atoms with van der Waals surface area (Å²) in [6, 6.07) is 9.47. The van der Waals surface area contributed by atoms with Gasteiger partial charge in [-0.25, -0.2) is 0 Å². The lowest BCUT2D eigenvalue weighted by atomic mass is 10.0. The maximum Gasteiger partial charge on any atom is 0.157 e. The van der Waals surface area contributed by atoms with Crippen LogP contribution in [0.4, 0.5) is 5.82 Å². The molecule has 2 N–H and O–H groups in total. The molecule has 4 nitrogen and oxygen atoms in total. The lowest BCUT2D eigenvalue weighted by Gasteiger charge is -2.05. The van der Waals surface area contributed by atoms with Crippen LogP contribution in [0.25, 0.3) is 22.6 Å². The minimum absolute atomic E-state index is 0.559. The van der Waals surface area contributed by atoms with Crippen LogP contribution in [0.15, 0.2) is 41.0 Å². The molecule has 0 unspecified atom stereocenters. The van der Waals surface area contributed by atoms with Crippen LogP contribution in [0.1, 0.15) is 5.56 Å². The molecule has 0 fully saturated rings. The molecule has 0 atom stereocenters. The van der Waals surface area contributed by atoms with Gasteiger partial charge < -0.3 is 10.2 Å². The molecule has 20 heavy (non-hydrogen) atoms. The molecule has 2 aromatic heterocycles. The zero-order chi connectivity index (χ0) is 14.3. The van der Waals surface area contributed by atoms with E-state index in [1.165, 1.54) is 0 Å². The third-order valence-electron chi connectivity index (χ3n) is 3.31. The predicted molar refractivity (Wildman–Crippen MR) is 80.5 cm³/mol. The van der Waals surface area contributed by atoms with E-state index in [2.05, 4.69) is 5.10 Å². The number of hydrogen-bond donors (Lipinski definition) is 1. The average molecular weight is 288 g/mol. The first kappa shape index (κ1) is 12.8. The van der Waals surface area contributed by atoms with Gasteiger partial charge in [-0.1, -0.05) is 29.8 Å². The Kier molecular flexibility index (Phi) is 3.03. The number of furan rings is 1. The standard InChI is InChI=1S/C15H14ClN3O/c1-9-7-8-20-14(9)13-12(15(17)19(2)18-13)10-5-3-4-6-11(10)16/h3-8H,17H2,1-2H3. The van der Waals surface area contributed by atoms with Crippen molar-refractivity contribution in [3.05, 3.63) is 47.2 Å². The number of aromatic nitrogens is 2. The summed E-state index contributed by atoms with van der Waals surface area (Å²) in [5.74, 6) is 1.27. The summed E-state index contributed by atoms with van der Waals surface area (Å²) in [4.78, 5) is 0. The molecule has 0 spiro atoms. The Hall–Kier alpha value is -2.20. The first-order valence-corrected chi connectivity index (χ1v) is 6.59. The van der Waals surface area contributed by atoms with Gasteiger partial charge in [-0.05, 0) is 24.6 Å². The van der Waals surface area contributed by atoms with Gasteiger partial charge in [0.25, 0.3) is 0 Å². The first-order chi connectivity index (χ1) is 9.59. The maximum absolute atomic E-state index is 6.29. The number of nitrogens with zero attached hydrogens (tertiary/aromatic N) is 2. The quantitative estimate of drug-likeness (QED) is 0.778. The monoisotopic (exact) mass is 287 g/mol. The average Bonchev–Trinajstić information content (AvgIpc) is 2.96. The van der Waals surface area contributed by atoms with E-state index in [0.29, 0.717) is 22.3 Å². The van der Waals surface area contributed by atoms with E-state index in [9.17, 15) is 0 Å². The normalized spacial score (nSPS) is 10.9. The second-order valence-corrected chi connectivity index (χ2v) is 5.05. The van der Waals surface area contributed by atoms with E-state index in [-0.39, 0.29) is 0 Å². The lowest BCUT2D eigenvalue weighted by Crippen LogP contribution is -1.98. The van der Waals surface area contributed by atoms with E-state index in [4.69, 9.17) is 21.8 Å². The minimum atomic E-state index is 0.559. The third kappa shape index (κ3) is 1.89. The summed E-state index contributed by atoms with van der Waals surface area (Å²) in [6.45, 7) is 1.97. The smallest absolute Gasteiger partial charge is 0.157 e. The van der Waals surface area contributed by atoms with E-state index in [1.807, 2.05) is 37.3 Å². The molecule has 3 aromatic rings. The number of nitrogens with two attached hydrogens (primary N) is 1. The highest BCUT2D eigenvalue weighted by Crippen LogP contribution is 2.40. The highest BCUT2D eigenvalue weighted by atomic mass is 35.5. The van der Waals surface area contributed by atoms with Crippen molar-refractivity contribution in [2.75, 3.05) is 5.73 Å². The van der Waals surface area contributed by atoms with Gasteiger partial charge in [0.2, 0.25) is 0 Å². The molecule has 0 aliphatic carbocycles. The fourth-order valence-electron chi connectivity index (χ4n) is 2.24. The van der Waals surface area contributed by atoms with Gasteiger partial charge in [0.05, 0.1) is 11.8 Å². The Morgan fingerprint density at radius 2 is 2.00 bits per heavy atom. The molecule has 0 aliphatic heterocycles. The zero-order valence-corrected chi connectivity index (χ0v) is 12.0. The Morgan fingerprint density at radius 3 is 2.65 bits per heavy atom. The van der Waals surface area contributed by atoms with Crippen molar-refractivity contribution in [1.29, 1.82) is 0 Å². The number of halogens is 1. The van der Waals surface area contributed by atoms with Crippen LogP contribution >= 0.6 is 11.6 Å². The molecular weight excluding hydrogens is 274 g/mol. The molecular formula is C15H14ClN3O. The molecule has 3 rings (SSSR count). The van der Waals surface area contributed by atoms with Gasteiger partial charge in [0.1, 0.15) is 11.5 Å². The summed E-state index contributed by atoms with van der Waals surface area (Å²) in [5.41, 5.74) is 9.53. The van der Waals surface area contributed by atoms with E-state index >= 15 is 0 Å². The van der Waals surface area contributed by atoms with Gasteiger partial charge in [0, 0.05) is 17.6 Å². The van der Waals surface area contributed by atoms with Crippen molar-refractivity contribution in [2.45, 2.75) is 6.92 Å². The molecule has 0 radical (unpaired) electrons. The van der Waals surface area contributed by atoms with Crippen LogP contribution in [-0.4, -0.2) is 9.78 Å². The number of rotatable bonds is 2. The van der Waals surface area contributed by atoms with Gasteiger partial charge in [-0.15, -0.1) is 0 Å². The fourth-order valence-corrected chi connectivity index (χ4v) is 2.47. The number of hydrogen-bond acceptors (Lipinski definition) is 3. The number of benzene rings is 1. The highest BCUT2D eigenvalue weighted by molar-refractivity contribution is 6.33. The summed E-state index contributed by atoms with van der Waals surface area (Å²) in [5, 5.41) is 5.11. The topological polar surface area (TPSA) is 57.0 Å². The van der Waals surface area contributed by atoms with Gasteiger partial charge in [-0.3, -0.25) is 4.68 Å². The van der Waals surface area contributed by atoms with E-state index in [0.717, 1.165) is 16.7 Å². The largest absolute Gasteiger partial charge is 0.462 e. The first-order valence-electron chi connectivity index (χ1n) is 6.21. The summed E-state index contributed by atoms with van der Waals surface area (Å²) in [7, 11) is 1.80. The van der Waals surface area contributed by atoms with E-state index in [1.54, 1.807) is 18.0 Å². The Balaban J connectivity index is 2.31. The Morgan fingerprint density at radius 1 is 1.25 bits per heavy atom. The third-order valence-corrected chi connectivity index (χ3v) is 3.64. The van der Waals surface area contributed by atoms with Crippen molar-refractivity contribution in [3.63, 3.8) is 0 Å². The Labute approximate surface area is 121 Å². The van der Waals surface area contributed by atoms with Crippen molar-refractivity contribution in [2.24, 2.45) is 7.05 Å².